The molecule has 0 unspecified atom stereocenters. The topological polar surface area (TPSA) is 48.7 Å². The fourth-order valence-corrected chi connectivity index (χ4v) is 4.25. The van der Waals surface area contributed by atoms with Crippen LogP contribution < -0.4 is 14.9 Å². The van der Waals surface area contributed by atoms with E-state index in [1.807, 2.05) is 30.3 Å². The maximum absolute atomic E-state index is 14.3. The highest BCUT2D eigenvalue weighted by molar-refractivity contribution is 6.31. The number of ether oxygens (including phenoxy) is 2. The molecule has 0 N–H and O–H groups in total. The van der Waals surface area contributed by atoms with Crippen LogP contribution in [0.3, 0.4) is 0 Å². The molecule has 4 aromatic carbocycles. The van der Waals surface area contributed by atoms with Crippen molar-refractivity contribution in [1.29, 1.82) is 0 Å². The third-order valence-electron chi connectivity index (χ3n) is 5.70. The van der Waals surface area contributed by atoms with Crippen LogP contribution in [0, 0.1) is 11.6 Å². The van der Waals surface area contributed by atoms with Gasteiger partial charge in [-0.05, 0) is 24.3 Å². The number of halogens is 4. The molecule has 0 fully saturated rings. The van der Waals surface area contributed by atoms with E-state index in [1.165, 1.54) is 42.5 Å². The van der Waals surface area contributed by atoms with Crippen molar-refractivity contribution in [2.45, 2.75) is 13.2 Å². The summed E-state index contributed by atoms with van der Waals surface area (Å²) in [6.07, 6.45) is 0. The molecular formula is C29H18Cl2F2O4. The smallest absolute Gasteiger partial charge is 0.197 e. The van der Waals surface area contributed by atoms with Gasteiger partial charge in [0.15, 0.2) is 5.43 Å². The molecule has 0 saturated carbocycles. The van der Waals surface area contributed by atoms with Crippen LogP contribution in [0.4, 0.5) is 8.78 Å². The molecule has 5 rings (SSSR count). The van der Waals surface area contributed by atoms with E-state index in [9.17, 15) is 13.6 Å². The van der Waals surface area contributed by atoms with Crippen LogP contribution in [-0.4, -0.2) is 0 Å². The molecule has 37 heavy (non-hydrogen) atoms. The molecule has 5 aromatic rings. The molecule has 0 aliphatic heterocycles. The zero-order valence-electron chi connectivity index (χ0n) is 19.1. The number of rotatable bonds is 7. The molecule has 0 amide bonds. The van der Waals surface area contributed by atoms with Crippen molar-refractivity contribution in [1.82, 2.24) is 0 Å². The van der Waals surface area contributed by atoms with E-state index < -0.39 is 11.6 Å². The Morgan fingerprint density at radius 2 is 1.35 bits per heavy atom. The van der Waals surface area contributed by atoms with E-state index in [-0.39, 0.29) is 62.3 Å². The third kappa shape index (κ3) is 5.31. The van der Waals surface area contributed by atoms with Crippen LogP contribution in [0.2, 0.25) is 10.0 Å². The van der Waals surface area contributed by atoms with Gasteiger partial charge in [0.1, 0.15) is 53.1 Å². The van der Waals surface area contributed by atoms with Crippen LogP contribution in [0.15, 0.2) is 94.1 Å². The van der Waals surface area contributed by atoms with Gasteiger partial charge in [-0.25, -0.2) is 8.78 Å². The summed E-state index contributed by atoms with van der Waals surface area (Å²) in [6.45, 7) is -0.429. The summed E-state index contributed by atoms with van der Waals surface area (Å²) in [5, 5.41) is 0.539. The summed E-state index contributed by atoms with van der Waals surface area (Å²) in [4.78, 5) is 13.2. The number of hydrogen-bond acceptors (Lipinski definition) is 4. The normalized spacial score (nSPS) is 11.0. The first-order chi connectivity index (χ1) is 17.9. The molecule has 0 spiro atoms. The second-order valence-corrected chi connectivity index (χ2v) is 8.93. The van der Waals surface area contributed by atoms with Crippen LogP contribution in [0.1, 0.15) is 11.1 Å². The molecular weight excluding hydrogens is 521 g/mol. The van der Waals surface area contributed by atoms with Gasteiger partial charge >= 0.3 is 0 Å². The van der Waals surface area contributed by atoms with Crippen molar-refractivity contribution >= 4 is 34.2 Å². The minimum atomic E-state index is -0.545. The Hall–Kier alpha value is -3.87. The second-order valence-electron chi connectivity index (χ2n) is 8.11. The third-order valence-corrected chi connectivity index (χ3v) is 6.41. The van der Waals surface area contributed by atoms with Crippen molar-refractivity contribution in [3.63, 3.8) is 0 Å². The largest absolute Gasteiger partial charge is 0.488 e. The first kappa shape index (κ1) is 24.8. The average molecular weight is 539 g/mol. The highest BCUT2D eigenvalue weighted by Gasteiger charge is 2.17. The van der Waals surface area contributed by atoms with Crippen LogP contribution in [0.25, 0.3) is 22.3 Å². The maximum atomic E-state index is 14.3. The lowest BCUT2D eigenvalue weighted by molar-refractivity contribution is 0.286. The summed E-state index contributed by atoms with van der Waals surface area (Å²) >= 11 is 12.3. The van der Waals surface area contributed by atoms with Gasteiger partial charge in [0.25, 0.3) is 0 Å². The van der Waals surface area contributed by atoms with E-state index >= 15 is 0 Å². The molecule has 186 valence electrons. The SMILES string of the molecule is O=c1cc(-c2ccccc2)oc2cc(OCc3c(F)cccc3Cl)cc(OCc3c(F)cccc3Cl)c12. The fourth-order valence-electron chi connectivity index (χ4n) is 3.82. The molecule has 4 nitrogen and oxygen atoms in total. The van der Waals surface area contributed by atoms with Crippen molar-refractivity contribution in [3.8, 4) is 22.8 Å². The highest BCUT2D eigenvalue weighted by Crippen LogP contribution is 2.34. The molecule has 0 radical (unpaired) electrons. The molecule has 0 atom stereocenters. The lowest BCUT2D eigenvalue weighted by Gasteiger charge is -2.14. The van der Waals surface area contributed by atoms with Crippen LogP contribution in [-0.2, 0) is 13.2 Å². The maximum Gasteiger partial charge on any atom is 0.197 e. The monoisotopic (exact) mass is 538 g/mol. The quantitative estimate of drug-likeness (QED) is 0.209. The zero-order chi connectivity index (χ0) is 25.9. The van der Waals surface area contributed by atoms with E-state index in [2.05, 4.69) is 0 Å². The summed E-state index contributed by atoms with van der Waals surface area (Å²) in [6, 6.07) is 22.1. The minimum Gasteiger partial charge on any atom is -0.488 e. The van der Waals surface area contributed by atoms with Crippen LogP contribution >= 0.6 is 23.2 Å². The van der Waals surface area contributed by atoms with Crippen LogP contribution in [0.5, 0.6) is 11.5 Å². The Labute approximate surface area is 220 Å². The van der Waals surface area contributed by atoms with E-state index in [0.29, 0.717) is 11.3 Å². The molecule has 1 heterocycles. The van der Waals surface area contributed by atoms with Crippen molar-refractivity contribution in [2.75, 3.05) is 0 Å². The standard InChI is InChI=1S/C29H18Cl2F2O4/c30-21-8-4-10-23(32)19(21)15-35-18-12-27(36-16-20-22(31)9-5-11-24(20)33)29-25(34)14-26(37-28(29)13-18)17-6-2-1-3-7-17/h1-14H,15-16H2. The van der Waals surface area contributed by atoms with Gasteiger partial charge in [0.05, 0.1) is 10.0 Å². The summed E-state index contributed by atoms with van der Waals surface area (Å²) in [5.41, 5.74) is 0.819. The Morgan fingerprint density at radius 3 is 1.97 bits per heavy atom. The summed E-state index contributed by atoms with van der Waals surface area (Å²) < 4.78 is 46.3. The van der Waals surface area contributed by atoms with E-state index in [1.54, 1.807) is 12.1 Å². The lowest BCUT2D eigenvalue weighted by atomic mass is 10.1. The zero-order valence-corrected chi connectivity index (χ0v) is 20.7. The molecule has 0 aliphatic carbocycles. The Morgan fingerprint density at radius 1 is 0.730 bits per heavy atom. The molecule has 0 saturated heterocycles. The second kappa shape index (κ2) is 10.6. The first-order valence-corrected chi connectivity index (χ1v) is 11.9. The minimum absolute atomic E-state index is 0.0970. The van der Waals surface area contributed by atoms with Gasteiger partial charge in [0, 0.05) is 34.9 Å². The number of hydrogen-bond donors (Lipinski definition) is 0. The Bertz CT molecular complexity index is 1610. The Balaban J connectivity index is 1.57. The molecule has 0 aliphatic rings. The van der Waals surface area contributed by atoms with Gasteiger partial charge in [-0.15, -0.1) is 0 Å². The van der Waals surface area contributed by atoms with Gasteiger partial charge in [-0.2, -0.15) is 0 Å². The average Bonchev–Trinajstić information content (AvgIpc) is 2.88. The van der Waals surface area contributed by atoms with Crippen molar-refractivity contribution in [3.05, 3.63) is 128 Å². The molecule has 1 aromatic heterocycles. The van der Waals surface area contributed by atoms with E-state index in [0.717, 1.165) is 0 Å². The van der Waals surface area contributed by atoms with Crippen molar-refractivity contribution in [2.24, 2.45) is 0 Å². The van der Waals surface area contributed by atoms with Gasteiger partial charge in [-0.3, -0.25) is 4.79 Å². The predicted molar refractivity (Wildman–Crippen MR) is 139 cm³/mol. The first-order valence-electron chi connectivity index (χ1n) is 11.2. The van der Waals surface area contributed by atoms with Gasteiger partial charge in [-0.1, -0.05) is 65.7 Å². The summed E-state index contributed by atoms with van der Waals surface area (Å²) in [7, 11) is 0. The molecule has 8 heteroatoms. The highest BCUT2D eigenvalue weighted by atomic mass is 35.5. The Kier molecular flexibility index (Phi) is 7.12. The fraction of sp³-hybridized carbons (Fsp3) is 0.0690. The number of benzene rings is 4. The van der Waals surface area contributed by atoms with Crippen molar-refractivity contribution < 1.29 is 22.7 Å². The summed E-state index contributed by atoms with van der Waals surface area (Å²) in [5.74, 6) is -0.390. The van der Waals surface area contributed by atoms with E-state index in [4.69, 9.17) is 37.1 Å². The number of fused-ring (bicyclic) bond motifs is 1. The lowest BCUT2D eigenvalue weighted by Crippen LogP contribution is -2.07. The molecule has 0 bridgehead atoms. The van der Waals surface area contributed by atoms with Gasteiger partial charge < -0.3 is 13.9 Å². The predicted octanol–water partition coefficient (Wildman–Crippen LogP) is 8.20. The van der Waals surface area contributed by atoms with Gasteiger partial charge in [0.2, 0.25) is 0 Å².